The zero-order valence-electron chi connectivity index (χ0n) is 11.1. The summed E-state index contributed by atoms with van der Waals surface area (Å²) in [6.07, 6.45) is 2.07. The Kier molecular flexibility index (Phi) is 3.34. The minimum absolute atomic E-state index is 0.0421. The van der Waals surface area contributed by atoms with Crippen molar-refractivity contribution in [3.8, 4) is 0 Å². The number of benzene rings is 2. The summed E-state index contributed by atoms with van der Waals surface area (Å²) >= 11 is 0. The summed E-state index contributed by atoms with van der Waals surface area (Å²) < 4.78 is 13.7. The van der Waals surface area contributed by atoms with E-state index in [0.29, 0.717) is 6.04 Å². The average Bonchev–Trinajstić information content (AvgIpc) is 2.81. The summed E-state index contributed by atoms with van der Waals surface area (Å²) in [4.78, 5) is 0. The molecular formula is C17H18FN. The first-order valence-corrected chi connectivity index (χ1v) is 6.81. The smallest absolute Gasteiger partial charge is 0.127 e. The van der Waals surface area contributed by atoms with E-state index in [4.69, 9.17) is 0 Å². The van der Waals surface area contributed by atoms with Crippen LogP contribution < -0.4 is 5.32 Å². The molecular weight excluding hydrogens is 237 g/mol. The molecule has 1 atom stereocenters. The predicted molar refractivity (Wildman–Crippen MR) is 75.6 cm³/mol. The predicted octanol–water partition coefficient (Wildman–Crippen LogP) is 3.64. The lowest BCUT2D eigenvalue weighted by molar-refractivity contribution is 0.452. The summed E-state index contributed by atoms with van der Waals surface area (Å²) in [6.45, 7) is 2.03. The van der Waals surface area contributed by atoms with Crippen LogP contribution in [0.15, 0.2) is 48.5 Å². The van der Waals surface area contributed by atoms with Crippen LogP contribution in [-0.2, 0) is 12.8 Å². The quantitative estimate of drug-likeness (QED) is 0.883. The van der Waals surface area contributed by atoms with Crippen LogP contribution in [0, 0.1) is 5.82 Å². The molecule has 3 rings (SSSR count). The first-order valence-electron chi connectivity index (χ1n) is 6.81. The van der Waals surface area contributed by atoms with E-state index >= 15 is 0 Å². The highest BCUT2D eigenvalue weighted by molar-refractivity contribution is 5.33. The van der Waals surface area contributed by atoms with Gasteiger partial charge >= 0.3 is 0 Å². The van der Waals surface area contributed by atoms with Gasteiger partial charge in [-0.2, -0.15) is 0 Å². The second kappa shape index (κ2) is 5.14. The van der Waals surface area contributed by atoms with Gasteiger partial charge in [0.25, 0.3) is 0 Å². The van der Waals surface area contributed by atoms with Gasteiger partial charge in [-0.3, -0.25) is 0 Å². The maximum atomic E-state index is 13.7. The van der Waals surface area contributed by atoms with Crippen molar-refractivity contribution in [1.29, 1.82) is 0 Å². The molecule has 0 fully saturated rings. The van der Waals surface area contributed by atoms with Crippen LogP contribution in [0.5, 0.6) is 0 Å². The minimum atomic E-state index is -0.127. The van der Waals surface area contributed by atoms with Gasteiger partial charge in [-0.1, -0.05) is 42.5 Å². The fourth-order valence-electron chi connectivity index (χ4n) is 2.95. The van der Waals surface area contributed by atoms with Gasteiger partial charge in [-0.05, 0) is 37.0 Å². The third kappa shape index (κ3) is 2.54. The third-order valence-corrected chi connectivity index (χ3v) is 3.91. The highest BCUT2D eigenvalue weighted by atomic mass is 19.1. The summed E-state index contributed by atoms with van der Waals surface area (Å²) in [7, 11) is 0. The molecule has 2 heteroatoms. The molecule has 1 aliphatic rings. The molecule has 0 radical (unpaired) electrons. The van der Waals surface area contributed by atoms with Crippen LogP contribution in [0.2, 0.25) is 0 Å². The molecule has 0 heterocycles. The minimum Gasteiger partial charge on any atom is -0.307 e. The van der Waals surface area contributed by atoms with Crippen LogP contribution in [0.25, 0.3) is 0 Å². The third-order valence-electron chi connectivity index (χ3n) is 3.91. The van der Waals surface area contributed by atoms with Gasteiger partial charge in [0.1, 0.15) is 5.82 Å². The maximum Gasteiger partial charge on any atom is 0.127 e. The van der Waals surface area contributed by atoms with Crippen LogP contribution in [-0.4, -0.2) is 6.04 Å². The molecule has 1 nitrogen and oxygen atoms in total. The molecule has 98 valence electrons. The molecule has 0 bridgehead atoms. The van der Waals surface area contributed by atoms with E-state index in [1.54, 1.807) is 6.07 Å². The molecule has 2 aromatic carbocycles. The number of fused-ring (bicyclic) bond motifs is 1. The molecule has 0 saturated heterocycles. The van der Waals surface area contributed by atoms with Gasteiger partial charge in [-0.15, -0.1) is 0 Å². The normalized spacial score (nSPS) is 16.3. The van der Waals surface area contributed by atoms with Crippen molar-refractivity contribution < 1.29 is 4.39 Å². The summed E-state index contributed by atoms with van der Waals surface area (Å²) in [5.74, 6) is -0.127. The number of nitrogens with one attached hydrogen (secondary N) is 1. The highest BCUT2D eigenvalue weighted by Crippen LogP contribution is 2.24. The van der Waals surface area contributed by atoms with Gasteiger partial charge in [0.2, 0.25) is 0 Å². The Morgan fingerprint density at radius 1 is 1.00 bits per heavy atom. The molecule has 1 N–H and O–H groups in total. The topological polar surface area (TPSA) is 12.0 Å². The van der Waals surface area contributed by atoms with E-state index in [2.05, 4.69) is 29.6 Å². The lowest BCUT2D eigenvalue weighted by Crippen LogP contribution is -2.32. The summed E-state index contributed by atoms with van der Waals surface area (Å²) in [5.41, 5.74) is 3.58. The van der Waals surface area contributed by atoms with Crippen LogP contribution >= 0.6 is 0 Å². The second-order valence-corrected chi connectivity index (χ2v) is 5.28. The molecule has 1 aliphatic carbocycles. The highest BCUT2D eigenvalue weighted by Gasteiger charge is 2.23. The molecule has 0 aliphatic heterocycles. The van der Waals surface area contributed by atoms with Crippen molar-refractivity contribution in [3.63, 3.8) is 0 Å². The lowest BCUT2D eigenvalue weighted by atomic mass is 10.1. The summed E-state index contributed by atoms with van der Waals surface area (Å²) in [6, 6.07) is 16.0. The van der Waals surface area contributed by atoms with E-state index < -0.39 is 0 Å². The van der Waals surface area contributed by atoms with Gasteiger partial charge in [-0.25, -0.2) is 4.39 Å². The first kappa shape index (κ1) is 12.4. The first-order chi connectivity index (χ1) is 9.24. The van der Waals surface area contributed by atoms with E-state index in [9.17, 15) is 4.39 Å². The Hall–Kier alpha value is -1.67. The van der Waals surface area contributed by atoms with E-state index in [1.165, 1.54) is 17.2 Å². The molecule has 19 heavy (non-hydrogen) atoms. The van der Waals surface area contributed by atoms with Crippen molar-refractivity contribution in [3.05, 3.63) is 71.0 Å². The largest absolute Gasteiger partial charge is 0.307 e. The molecule has 0 spiro atoms. The molecule has 0 amide bonds. The number of halogens is 1. The number of hydrogen-bond donors (Lipinski definition) is 1. The van der Waals surface area contributed by atoms with E-state index in [0.717, 1.165) is 18.4 Å². The van der Waals surface area contributed by atoms with Crippen LogP contribution in [0.3, 0.4) is 0 Å². The molecule has 2 aromatic rings. The van der Waals surface area contributed by atoms with Crippen LogP contribution in [0.4, 0.5) is 4.39 Å². The Balaban J connectivity index is 1.69. The monoisotopic (exact) mass is 255 g/mol. The van der Waals surface area contributed by atoms with E-state index in [1.807, 2.05) is 19.1 Å². The van der Waals surface area contributed by atoms with Gasteiger partial charge < -0.3 is 5.32 Å². The zero-order chi connectivity index (χ0) is 13.2. The SMILES string of the molecule is C[C@@H](NC1Cc2ccccc2C1)c1ccccc1F. The second-order valence-electron chi connectivity index (χ2n) is 5.28. The molecule has 0 aromatic heterocycles. The van der Waals surface area contributed by atoms with E-state index in [-0.39, 0.29) is 11.9 Å². The van der Waals surface area contributed by atoms with Crippen molar-refractivity contribution in [1.82, 2.24) is 5.32 Å². The van der Waals surface area contributed by atoms with Crippen molar-refractivity contribution in [2.24, 2.45) is 0 Å². The lowest BCUT2D eigenvalue weighted by Gasteiger charge is -2.20. The average molecular weight is 255 g/mol. The maximum absolute atomic E-state index is 13.7. The molecule has 0 saturated carbocycles. The number of rotatable bonds is 3. The summed E-state index contributed by atoms with van der Waals surface area (Å²) in [5, 5.41) is 3.54. The van der Waals surface area contributed by atoms with Crippen LogP contribution in [0.1, 0.15) is 29.7 Å². The Labute approximate surface area is 113 Å². The van der Waals surface area contributed by atoms with Crippen molar-refractivity contribution in [2.45, 2.75) is 31.8 Å². The van der Waals surface area contributed by atoms with Crippen molar-refractivity contribution >= 4 is 0 Å². The number of hydrogen-bond acceptors (Lipinski definition) is 1. The van der Waals surface area contributed by atoms with Crippen molar-refractivity contribution in [2.75, 3.05) is 0 Å². The Morgan fingerprint density at radius 2 is 1.58 bits per heavy atom. The molecule has 0 unspecified atom stereocenters. The Bertz CT molecular complexity index is 554. The van der Waals surface area contributed by atoms with Gasteiger partial charge in [0.05, 0.1) is 0 Å². The van der Waals surface area contributed by atoms with Gasteiger partial charge in [0.15, 0.2) is 0 Å². The zero-order valence-corrected chi connectivity index (χ0v) is 11.1. The fourth-order valence-corrected chi connectivity index (χ4v) is 2.95. The fraction of sp³-hybridized carbons (Fsp3) is 0.294. The Morgan fingerprint density at radius 3 is 2.21 bits per heavy atom. The standard InChI is InChI=1S/C17H18FN/c1-12(16-8-4-5-9-17(16)18)19-15-10-13-6-2-3-7-14(13)11-15/h2-9,12,15,19H,10-11H2,1H3/t12-/m1/s1. The van der Waals surface area contributed by atoms with Gasteiger partial charge in [0, 0.05) is 17.6 Å².